The first kappa shape index (κ1) is 23.8. The van der Waals surface area contributed by atoms with Crippen molar-refractivity contribution in [3.63, 3.8) is 0 Å². The predicted octanol–water partition coefficient (Wildman–Crippen LogP) is 6.49. The largest absolute Gasteiger partial charge is 0.486 e. The molecule has 0 N–H and O–H groups in total. The van der Waals surface area contributed by atoms with Crippen molar-refractivity contribution in [2.45, 2.75) is 13.5 Å². The number of halogens is 3. The van der Waals surface area contributed by atoms with Gasteiger partial charge >= 0.3 is 5.97 Å². The number of carbonyl (C=O) groups is 1. The molecule has 0 spiro atoms. The Morgan fingerprint density at radius 3 is 2.50 bits per heavy atom. The molecule has 1 aliphatic rings. The van der Waals surface area contributed by atoms with Crippen LogP contribution in [0, 0.1) is 22.9 Å². The van der Waals surface area contributed by atoms with E-state index in [1.165, 1.54) is 18.2 Å². The molecule has 3 aromatic carbocycles. The van der Waals surface area contributed by atoms with E-state index in [0.717, 1.165) is 0 Å². The van der Waals surface area contributed by atoms with E-state index in [9.17, 15) is 19.3 Å². The fourth-order valence-electron chi connectivity index (χ4n) is 3.25. The van der Waals surface area contributed by atoms with E-state index in [0.29, 0.717) is 36.9 Å². The topological polar surface area (TPSA) is 91.0 Å². The molecule has 0 amide bonds. The van der Waals surface area contributed by atoms with E-state index in [4.69, 9.17) is 9.47 Å². The summed E-state index contributed by atoms with van der Waals surface area (Å²) in [4.78, 5) is 27.1. The van der Waals surface area contributed by atoms with Gasteiger partial charge in [0.25, 0.3) is 5.69 Å². The molecule has 3 aromatic rings. The van der Waals surface area contributed by atoms with E-state index in [2.05, 4.69) is 36.9 Å². The van der Waals surface area contributed by atoms with Crippen molar-refractivity contribution in [1.29, 1.82) is 0 Å². The summed E-state index contributed by atoms with van der Waals surface area (Å²) in [5.74, 6) is -0.451. The first-order chi connectivity index (χ1) is 16.2. The third-order valence-electron chi connectivity index (χ3n) is 4.91. The smallest absolute Gasteiger partial charge is 0.363 e. The number of nitro benzene ring substituents is 1. The summed E-state index contributed by atoms with van der Waals surface area (Å²) >= 11 is 6.89. The van der Waals surface area contributed by atoms with Crippen LogP contribution in [-0.2, 0) is 16.1 Å². The second-order valence-electron chi connectivity index (χ2n) is 7.29. The van der Waals surface area contributed by atoms with Crippen molar-refractivity contribution < 1.29 is 23.6 Å². The Labute approximate surface area is 210 Å². The van der Waals surface area contributed by atoms with E-state index >= 15 is 0 Å². The molecule has 10 heteroatoms. The predicted molar refractivity (Wildman–Crippen MR) is 131 cm³/mol. The van der Waals surface area contributed by atoms with Crippen LogP contribution >= 0.6 is 31.9 Å². The molecule has 0 unspecified atom stereocenters. The SMILES string of the molecule is Cc1cc(C2=N/C(=C\c3cc(Br)c(OCc4ccccc4F)c(Br)c3)C(=O)O2)ccc1[N+](=O)[O-]. The normalized spacial score (nSPS) is 14.2. The maximum Gasteiger partial charge on any atom is 0.363 e. The molecule has 34 heavy (non-hydrogen) atoms. The van der Waals surface area contributed by atoms with Crippen molar-refractivity contribution in [1.82, 2.24) is 0 Å². The van der Waals surface area contributed by atoms with Gasteiger partial charge < -0.3 is 9.47 Å². The minimum atomic E-state index is -0.641. The Morgan fingerprint density at radius 1 is 1.15 bits per heavy atom. The number of aryl methyl sites for hydroxylation is 1. The first-order valence-corrected chi connectivity index (χ1v) is 11.4. The lowest BCUT2D eigenvalue weighted by atomic mass is 10.1. The number of ether oxygens (including phenoxy) is 2. The van der Waals surface area contributed by atoms with Crippen LogP contribution in [0.15, 0.2) is 74.2 Å². The molecular formula is C24H15Br2FN2O5. The van der Waals surface area contributed by atoms with Crippen LogP contribution < -0.4 is 4.74 Å². The number of nitro groups is 1. The summed E-state index contributed by atoms with van der Waals surface area (Å²) in [6.07, 6.45) is 1.55. The lowest BCUT2D eigenvalue weighted by molar-refractivity contribution is -0.385. The summed E-state index contributed by atoms with van der Waals surface area (Å²) in [7, 11) is 0. The average Bonchev–Trinajstić information content (AvgIpc) is 3.14. The third-order valence-corrected chi connectivity index (χ3v) is 6.09. The second kappa shape index (κ2) is 9.86. The Morgan fingerprint density at radius 2 is 1.85 bits per heavy atom. The zero-order valence-electron chi connectivity index (χ0n) is 17.6. The van der Waals surface area contributed by atoms with Gasteiger partial charge in [0, 0.05) is 22.8 Å². The number of rotatable bonds is 6. The summed E-state index contributed by atoms with van der Waals surface area (Å²) in [5.41, 5.74) is 1.98. The number of carbonyl (C=O) groups excluding carboxylic acids is 1. The molecule has 0 fully saturated rings. The van der Waals surface area contributed by atoms with Gasteiger partial charge in [0.1, 0.15) is 18.2 Å². The second-order valence-corrected chi connectivity index (χ2v) is 9.00. The molecule has 0 bridgehead atoms. The summed E-state index contributed by atoms with van der Waals surface area (Å²) in [6, 6.07) is 14.2. The highest BCUT2D eigenvalue weighted by Crippen LogP contribution is 2.36. The Hall–Kier alpha value is -3.37. The minimum Gasteiger partial charge on any atom is -0.486 e. The van der Waals surface area contributed by atoms with E-state index in [1.54, 1.807) is 49.4 Å². The van der Waals surface area contributed by atoms with Gasteiger partial charge in [0.15, 0.2) is 5.70 Å². The maximum absolute atomic E-state index is 13.9. The number of hydrogen-bond acceptors (Lipinski definition) is 6. The lowest BCUT2D eigenvalue weighted by Gasteiger charge is -2.12. The summed E-state index contributed by atoms with van der Waals surface area (Å²) < 4.78 is 26.1. The van der Waals surface area contributed by atoms with Crippen LogP contribution in [0.2, 0.25) is 0 Å². The van der Waals surface area contributed by atoms with Crippen LogP contribution in [0.5, 0.6) is 5.75 Å². The number of aliphatic imine (C=N–C) groups is 1. The van der Waals surface area contributed by atoms with Crippen LogP contribution in [0.25, 0.3) is 6.08 Å². The van der Waals surface area contributed by atoms with Crippen molar-refractivity contribution >= 4 is 55.5 Å². The van der Waals surface area contributed by atoms with Gasteiger partial charge in [0.2, 0.25) is 5.90 Å². The van der Waals surface area contributed by atoms with Crippen molar-refractivity contribution in [3.8, 4) is 5.75 Å². The Balaban J connectivity index is 1.57. The standard InChI is InChI=1S/C24H15Br2FN2O5/c1-13-8-15(6-7-21(13)29(31)32)23-28-20(24(30)34-23)11-14-9-17(25)22(18(26)10-14)33-12-16-4-2-3-5-19(16)27/h2-11H,12H2,1H3/b20-11-. The fourth-order valence-corrected chi connectivity index (χ4v) is 4.70. The minimum absolute atomic E-state index is 0.0311. The van der Waals surface area contributed by atoms with Gasteiger partial charge in [-0.15, -0.1) is 0 Å². The number of benzene rings is 3. The van der Waals surface area contributed by atoms with Gasteiger partial charge in [0.05, 0.1) is 13.9 Å². The van der Waals surface area contributed by atoms with Gasteiger partial charge in [-0.25, -0.2) is 14.2 Å². The van der Waals surface area contributed by atoms with E-state index in [1.807, 2.05) is 0 Å². The molecule has 172 valence electrons. The molecule has 0 aliphatic carbocycles. The molecule has 1 aliphatic heterocycles. The van der Waals surface area contributed by atoms with Crippen LogP contribution in [0.1, 0.15) is 22.3 Å². The summed E-state index contributed by atoms with van der Waals surface area (Å²) in [5, 5.41) is 11.0. The number of nitrogens with zero attached hydrogens (tertiary/aromatic N) is 2. The van der Waals surface area contributed by atoms with Crippen LogP contribution in [-0.4, -0.2) is 16.8 Å². The molecule has 7 nitrogen and oxygen atoms in total. The first-order valence-electron chi connectivity index (χ1n) is 9.86. The highest BCUT2D eigenvalue weighted by atomic mass is 79.9. The maximum atomic E-state index is 13.9. The van der Waals surface area contributed by atoms with Gasteiger partial charge in [-0.2, -0.15) is 0 Å². The molecule has 0 aromatic heterocycles. The van der Waals surface area contributed by atoms with Crippen molar-refractivity contribution in [2.24, 2.45) is 4.99 Å². The van der Waals surface area contributed by atoms with Crippen LogP contribution in [0.4, 0.5) is 10.1 Å². The molecule has 0 saturated heterocycles. The highest BCUT2D eigenvalue weighted by molar-refractivity contribution is 9.11. The molecule has 0 saturated carbocycles. The molecule has 0 radical (unpaired) electrons. The van der Waals surface area contributed by atoms with Crippen LogP contribution in [0.3, 0.4) is 0 Å². The van der Waals surface area contributed by atoms with E-state index < -0.39 is 10.9 Å². The Bertz CT molecular complexity index is 1360. The van der Waals surface area contributed by atoms with Gasteiger partial charge in [-0.05, 0) is 80.8 Å². The number of hydrogen-bond donors (Lipinski definition) is 0. The molecule has 1 heterocycles. The van der Waals surface area contributed by atoms with Crippen molar-refractivity contribution in [3.05, 3.63) is 107 Å². The van der Waals surface area contributed by atoms with Crippen molar-refractivity contribution in [2.75, 3.05) is 0 Å². The highest BCUT2D eigenvalue weighted by Gasteiger charge is 2.25. The monoisotopic (exact) mass is 588 g/mol. The van der Waals surface area contributed by atoms with Gasteiger partial charge in [-0.3, -0.25) is 10.1 Å². The number of esters is 1. The zero-order chi connectivity index (χ0) is 24.4. The lowest BCUT2D eigenvalue weighted by Crippen LogP contribution is -2.06. The molecule has 0 atom stereocenters. The fraction of sp³-hybridized carbons (Fsp3) is 0.0833. The summed E-state index contributed by atoms with van der Waals surface area (Å²) in [6.45, 7) is 1.64. The average molecular weight is 590 g/mol. The van der Waals surface area contributed by atoms with E-state index in [-0.39, 0.29) is 29.7 Å². The quantitative estimate of drug-likeness (QED) is 0.142. The van der Waals surface area contributed by atoms with Gasteiger partial charge in [-0.1, -0.05) is 18.2 Å². The Kier molecular flexibility index (Phi) is 6.90. The zero-order valence-corrected chi connectivity index (χ0v) is 20.7. The molecule has 4 rings (SSSR count). The third kappa shape index (κ3) is 5.07. The number of cyclic esters (lactones) is 1. The molecular weight excluding hydrogens is 575 g/mol.